The molecule has 3 N–H and O–H groups in total. The lowest BCUT2D eigenvalue weighted by atomic mass is 9.87. The summed E-state index contributed by atoms with van der Waals surface area (Å²) in [4.78, 5) is 4.66. The molecule has 1 saturated carbocycles. The predicted molar refractivity (Wildman–Crippen MR) is 114 cm³/mol. The van der Waals surface area contributed by atoms with Crippen LogP contribution in [0.5, 0.6) is 11.5 Å². The molecule has 0 atom stereocenters. The number of methoxy groups -OCH3 is 1. The third kappa shape index (κ3) is 7.30. The van der Waals surface area contributed by atoms with Gasteiger partial charge >= 0.3 is 0 Å². The molecule has 0 aromatic heterocycles. The molecule has 0 heterocycles. The summed E-state index contributed by atoms with van der Waals surface area (Å²) in [6.45, 7) is 5.90. The maximum Gasteiger partial charge on any atom is 0.191 e. The van der Waals surface area contributed by atoms with Crippen molar-refractivity contribution in [1.29, 1.82) is 0 Å². The second kappa shape index (κ2) is 11.4. The summed E-state index contributed by atoms with van der Waals surface area (Å²) in [6, 6.07) is 5.93. The zero-order valence-corrected chi connectivity index (χ0v) is 17.9. The highest BCUT2D eigenvalue weighted by Crippen LogP contribution is 2.24. The molecule has 0 radical (unpaired) electrons. The van der Waals surface area contributed by atoms with Crippen LogP contribution in [0.25, 0.3) is 0 Å². The Morgan fingerprint density at radius 1 is 1.28 bits per heavy atom. The summed E-state index contributed by atoms with van der Waals surface area (Å²) in [7, 11) is 1.60. The number of aliphatic imine (C=N–C) groups is 1. The summed E-state index contributed by atoms with van der Waals surface area (Å²) in [6.07, 6.45) is 5.71. The van der Waals surface area contributed by atoms with Crippen LogP contribution >= 0.6 is 24.0 Å². The average Bonchev–Trinajstić information content (AvgIpc) is 2.58. The average molecular weight is 461 g/mol. The molecule has 1 aliphatic rings. The molecule has 1 aromatic carbocycles. The summed E-state index contributed by atoms with van der Waals surface area (Å²) < 4.78 is 5.11. The van der Waals surface area contributed by atoms with Gasteiger partial charge in [-0.25, -0.2) is 0 Å². The lowest BCUT2D eigenvalue weighted by Crippen LogP contribution is -2.44. The van der Waals surface area contributed by atoms with E-state index < -0.39 is 0 Å². The highest BCUT2D eigenvalue weighted by atomic mass is 127. The van der Waals surface area contributed by atoms with Crippen molar-refractivity contribution in [2.24, 2.45) is 10.9 Å². The van der Waals surface area contributed by atoms with Gasteiger partial charge in [0.05, 0.1) is 7.11 Å². The van der Waals surface area contributed by atoms with Crippen molar-refractivity contribution in [2.45, 2.75) is 52.0 Å². The normalized spacial score (nSPS) is 20.5. The van der Waals surface area contributed by atoms with Gasteiger partial charge in [-0.05, 0) is 56.6 Å². The molecule has 2 rings (SSSR count). The number of aromatic hydroxyl groups is 1. The number of ether oxygens (including phenoxy) is 1. The second-order valence-corrected chi connectivity index (χ2v) is 6.61. The van der Waals surface area contributed by atoms with E-state index in [0.717, 1.165) is 24.0 Å². The van der Waals surface area contributed by atoms with Crippen LogP contribution in [0.4, 0.5) is 0 Å². The highest BCUT2D eigenvalue weighted by molar-refractivity contribution is 14.0. The van der Waals surface area contributed by atoms with E-state index in [4.69, 9.17) is 4.74 Å². The van der Waals surface area contributed by atoms with E-state index in [1.54, 1.807) is 13.2 Å². The Balaban J connectivity index is 0.00000312. The first-order valence-electron chi connectivity index (χ1n) is 9.03. The first-order chi connectivity index (χ1) is 11.6. The van der Waals surface area contributed by atoms with E-state index >= 15 is 0 Å². The number of phenols is 1. The van der Waals surface area contributed by atoms with Gasteiger partial charge in [-0.2, -0.15) is 0 Å². The van der Waals surface area contributed by atoms with E-state index in [-0.39, 0.29) is 29.7 Å². The maximum atomic E-state index is 10.0. The second-order valence-electron chi connectivity index (χ2n) is 6.61. The van der Waals surface area contributed by atoms with Gasteiger partial charge in [-0.1, -0.05) is 13.0 Å². The quantitative estimate of drug-likeness (QED) is 0.344. The van der Waals surface area contributed by atoms with Crippen molar-refractivity contribution in [1.82, 2.24) is 10.6 Å². The standard InChI is InChI=1S/C19H31N3O2.HI/c1-4-20-19(22-16-8-5-14(2)6-9-16)21-12-11-15-7-10-17(24-3)13-18(15)23;/h7,10,13-14,16,23H,4-6,8-9,11-12H2,1-3H3,(H2,20,21,22);1H. The fraction of sp³-hybridized carbons (Fsp3) is 0.632. The minimum absolute atomic E-state index is 0. The van der Waals surface area contributed by atoms with Crippen LogP contribution < -0.4 is 15.4 Å². The Morgan fingerprint density at radius 3 is 2.60 bits per heavy atom. The van der Waals surface area contributed by atoms with Gasteiger partial charge in [0.25, 0.3) is 0 Å². The smallest absolute Gasteiger partial charge is 0.191 e. The highest BCUT2D eigenvalue weighted by Gasteiger charge is 2.18. The van der Waals surface area contributed by atoms with Crippen molar-refractivity contribution in [3.63, 3.8) is 0 Å². The minimum atomic E-state index is 0. The van der Waals surface area contributed by atoms with Crippen LogP contribution in [0.2, 0.25) is 0 Å². The van der Waals surface area contributed by atoms with Gasteiger partial charge in [0.1, 0.15) is 11.5 Å². The molecule has 0 bridgehead atoms. The van der Waals surface area contributed by atoms with E-state index in [1.807, 2.05) is 12.1 Å². The Morgan fingerprint density at radius 2 is 2.00 bits per heavy atom. The molecule has 0 saturated heterocycles. The Labute approximate surface area is 168 Å². The third-order valence-electron chi connectivity index (χ3n) is 4.64. The van der Waals surface area contributed by atoms with Crippen LogP contribution in [0.15, 0.2) is 23.2 Å². The number of nitrogens with one attached hydrogen (secondary N) is 2. The number of guanidine groups is 1. The molecule has 0 amide bonds. The molecule has 142 valence electrons. The topological polar surface area (TPSA) is 65.9 Å². The Hall–Kier alpha value is -1.18. The zero-order chi connectivity index (χ0) is 17.4. The monoisotopic (exact) mass is 461 g/mol. The van der Waals surface area contributed by atoms with Crippen molar-refractivity contribution in [2.75, 3.05) is 20.2 Å². The first kappa shape index (κ1) is 21.9. The van der Waals surface area contributed by atoms with Crippen molar-refractivity contribution in [3.8, 4) is 11.5 Å². The lowest BCUT2D eigenvalue weighted by molar-refractivity contribution is 0.329. The number of halogens is 1. The van der Waals surface area contributed by atoms with Crippen molar-refractivity contribution >= 4 is 29.9 Å². The molecule has 0 aliphatic heterocycles. The summed E-state index contributed by atoms with van der Waals surface area (Å²) in [5, 5.41) is 16.9. The summed E-state index contributed by atoms with van der Waals surface area (Å²) in [5.41, 5.74) is 0.891. The third-order valence-corrected chi connectivity index (χ3v) is 4.64. The van der Waals surface area contributed by atoms with Crippen LogP contribution in [-0.2, 0) is 6.42 Å². The number of nitrogens with zero attached hydrogens (tertiary/aromatic N) is 1. The van der Waals surface area contributed by atoms with Gasteiger partial charge in [-0.15, -0.1) is 24.0 Å². The Bertz CT molecular complexity index is 543. The molecule has 25 heavy (non-hydrogen) atoms. The first-order valence-corrected chi connectivity index (χ1v) is 9.03. The van der Waals surface area contributed by atoms with Gasteiger partial charge in [0.2, 0.25) is 0 Å². The largest absolute Gasteiger partial charge is 0.508 e. The van der Waals surface area contributed by atoms with Crippen LogP contribution in [0, 0.1) is 5.92 Å². The maximum absolute atomic E-state index is 10.0. The molecule has 1 aromatic rings. The minimum Gasteiger partial charge on any atom is -0.508 e. The van der Waals surface area contributed by atoms with Gasteiger partial charge in [-0.3, -0.25) is 4.99 Å². The number of phenolic OH excluding ortho intramolecular Hbond substituents is 1. The fourth-order valence-corrected chi connectivity index (χ4v) is 3.09. The SMILES string of the molecule is CCNC(=NCCc1ccc(OC)cc1O)NC1CCC(C)CC1.I. The summed E-state index contributed by atoms with van der Waals surface area (Å²) in [5.74, 6) is 2.66. The van der Waals surface area contributed by atoms with Crippen molar-refractivity contribution in [3.05, 3.63) is 23.8 Å². The van der Waals surface area contributed by atoms with E-state index in [0.29, 0.717) is 24.8 Å². The number of hydrogen-bond donors (Lipinski definition) is 3. The zero-order valence-electron chi connectivity index (χ0n) is 15.5. The van der Waals surface area contributed by atoms with Gasteiger partial charge < -0.3 is 20.5 Å². The number of rotatable bonds is 6. The van der Waals surface area contributed by atoms with Crippen molar-refractivity contribution < 1.29 is 9.84 Å². The fourth-order valence-electron chi connectivity index (χ4n) is 3.09. The molecule has 0 unspecified atom stereocenters. The van der Waals surface area contributed by atoms with Gasteiger partial charge in [0, 0.05) is 25.2 Å². The van der Waals surface area contributed by atoms with E-state index in [9.17, 15) is 5.11 Å². The molecule has 5 nitrogen and oxygen atoms in total. The van der Waals surface area contributed by atoms with Crippen LogP contribution in [0.3, 0.4) is 0 Å². The lowest BCUT2D eigenvalue weighted by Gasteiger charge is -2.28. The van der Waals surface area contributed by atoms with Gasteiger partial charge in [0.15, 0.2) is 5.96 Å². The molecular weight excluding hydrogens is 429 g/mol. The molecule has 0 spiro atoms. The molecule has 1 aliphatic carbocycles. The predicted octanol–water partition coefficient (Wildman–Crippen LogP) is 3.70. The van der Waals surface area contributed by atoms with E-state index in [2.05, 4.69) is 29.5 Å². The molecule has 6 heteroatoms. The number of benzene rings is 1. The number of hydrogen-bond acceptors (Lipinski definition) is 3. The van der Waals surface area contributed by atoms with Crippen LogP contribution in [-0.4, -0.2) is 37.3 Å². The van der Waals surface area contributed by atoms with E-state index in [1.165, 1.54) is 25.7 Å². The molecule has 1 fully saturated rings. The summed E-state index contributed by atoms with van der Waals surface area (Å²) >= 11 is 0. The molecular formula is C19H32IN3O2. The Kier molecular flexibility index (Phi) is 10.0. The van der Waals surface area contributed by atoms with Crippen LogP contribution in [0.1, 0.15) is 45.1 Å².